The van der Waals surface area contributed by atoms with Crippen LogP contribution in [0, 0.1) is 5.41 Å². The number of rotatable bonds is 8. The highest BCUT2D eigenvalue weighted by Crippen LogP contribution is 2.23. The number of carbonyl (C=O) groups excluding carboxylic acids is 2. The van der Waals surface area contributed by atoms with Crippen molar-refractivity contribution in [2.75, 3.05) is 19.3 Å². The number of Topliss-reactive ketones (excluding diaryl/α,β-unsaturated/α-hetero) is 1. The molecule has 0 saturated heterocycles. The van der Waals surface area contributed by atoms with Crippen LogP contribution in [0.2, 0.25) is 0 Å². The van der Waals surface area contributed by atoms with Gasteiger partial charge in [-0.15, -0.1) is 10.2 Å². The number of nitrogens with one attached hydrogen (secondary N) is 1. The molecule has 0 aromatic carbocycles. The Labute approximate surface area is 172 Å². The minimum Gasteiger partial charge on any atom is -0.408 e. The molecule has 2 rings (SSSR count). The lowest BCUT2D eigenvalue weighted by Gasteiger charge is -2.22. The summed E-state index contributed by atoms with van der Waals surface area (Å²) in [4.78, 5) is 26.1. The average Bonchev–Trinajstić information content (AvgIpc) is 2.95. The van der Waals surface area contributed by atoms with Crippen LogP contribution in [0.25, 0.3) is 0 Å². The van der Waals surface area contributed by atoms with Gasteiger partial charge in [-0.3, -0.25) is 4.79 Å². The van der Waals surface area contributed by atoms with Crippen LogP contribution in [0.4, 0.5) is 4.79 Å². The molecule has 28 heavy (non-hydrogen) atoms. The smallest absolute Gasteiger partial charge is 0.317 e. The van der Waals surface area contributed by atoms with Gasteiger partial charge in [-0.25, -0.2) is 4.79 Å². The van der Waals surface area contributed by atoms with Gasteiger partial charge >= 0.3 is 6.03 Å². The molecule has 1 aromatic rings. The molecule has 1 saturated carbocycles. The third kappa shape index (κ3) is 8.20. The van der Waals surface area contributed by atoms with Gasteiger partial charge in [0, 0.05) is 31.8 Å². The molecule has 1 aromatic heterocycles. The fourth-order valence-corrected chi connectivity index (χ4v) is 3.83. The van der Waals surface area contributed by atoms with E-state index in [1.54, 1.807) is 11.9 Å². The van der Waals surface area contributed by atoms with E-state index in [2.05, 4.69) is 36.3 Å². The number of thioether (sulfide) groups is 1. The van der Waals surface area contributed by atoms with Crippen molar-refractivity contribution < 1.29 is 14.0 Å². The Bertz CT molecular complexity index is 634. The molecular weight excluding hydrogens is 376 g/mol. The molecule has 0 aliphatic heterocycles. The molecule has 0 unspecified atom stereocenters. The Hall–Kier alpha value is -1.57. The van der Waals surface area contributed by atoms with Crippen molar-refractivity contribution in [1.29, 1.82) is 0 Å². The van der Waals surface area contributed by atoms with Crippen molar-refractivity contribution in [3.8, 4) is 0 Å². The summed E-state index contributed by atoms with van der Waals surface area (Å²) in [5.41, 5.74) is 0.0924. The zero-order chi connectivity index (χ0) is 20.6. The number of aromatic nitrogens is 2. The second kappa shape index (κ2) is 10.8. The molecule has 0 radical (unpaired) electrons. The van der Waals surface area contributed by atoms with E-state index in [9.17, 15) is 9.59 Å². The van der Waals surface area contributed by atoms with Gasteiger partial charge in [0.15, 0.2) is 0 Å². The molecule has 1 aliphatic carbocycles. The molecule has 1 aliphatic rings. The van der Waals surface area contributed by atoms with Gasteiger partial charge in [0.1, 0.15) is 0 Å². The molecule has 158 valence electrons. The zero-order valence-corrected chi connectivity index (χ0v) is 18.4. The van der Waals surface area contributed by atoms with Crippen molar-refractivity contribution in [1.82, 2.24) is 20.4 Å². The number of amides is 2. The second-order valence-corrected chi connectivity index (χ2v) is 9.81. The van der Waals surface area contributed by atoms with E-state index < -0.39 is 0 Å². The monoisotopic (exact) mass is 410 g/mol. The fraction of sp³-hybridized carbons (Fsp3) is 0.800. The number of hydrogen-bond donors (Lipinski definition) is 1. The molecule has 1 heterocycles. The maximum Gasteiger partial charge on any atom is 0.317 e. The highest BCUT2D eigenvalue weighted by molar-refractivity contribution is 7.99. The van der Waals surface area contributed by atoms with Crippen molar-refractivity contribution in [2.24, 2.45) is 5.41 Å². The quantitative estimate of drug-likeness (QED) is 0.385. The first kappa shape index (κ1) is 22.7. The number of carbonyl (C=O) groups is 2. The normalized spacial score (nSPS) is 15.9. The van der Waals surface area contributed by atoms with Crippen LogP contribution >= 0.6 is 11.8 Å². The third-order valence-corrected chi connectivity index (χ3v) is 5.73. The summed E-state index contributed by atoms with van der Waals surface area (Å²) in [6.45, 7) is 6.85. The van der Waals surface area contributed by atoms with Crippen molar-refractivity contribution in [2.45, 2.75) is 83.4 Å². The molecule has 1 fully saturated rings. The van der Waals surface area contributed by atoms with Crippen molar-refractivity contribution in [3.63, 3.8) is 0 Å². The summed E-state index contributed by atoms with van der Waals surface area (Å²) in [6, 6.07) is 0.263. The maximum atomic E-state index is 12.3. The largest absolute Gasteiger partial charge is 0.408 e. The predicted molar refractivity (Wildman–Crippen MR) is 111 cm³/mol. The Balaban J connectivity index is 1.70. The summed E-state index contributed by atoms with van der Waals surface area (Å²) in [5.74, 6) is 0.590. The summed E-state index contributed by atoms with van der Waals surface area (Å²) < 4.78 is 5.46. The third-order valence-electron chi connectivity index (χ3n) is 4.93. The Morgan fingerprint density at radius 1 is 1.18 bits per heavy atom. The van der Waals surface area contributed by atoms with Gasteiger partial charge in [0.2, 0.25) is 5.78 Å². The van der Waals surface area contributed by atoms with Crippen LogP contribution in [0.15, 0.2) is 9.64 Å². The zero-order valence-electron chi connectivity index (χ0n) is 17.6. The van der Waals surface area contributed by atoms with Gasteiger partial charge in [-0.2, -0.15) is 0 Å². The summed E-state index contributed by atoms with van der Waals surface area (Å²) in [5, 5.41) is 11.3. The van der Waals surface area contributed by atoms with Crippen LogP contribution in [-0.4, -0.2) is 52.3 Å². The van der Waals surface area contributed by atoms with E-state index in [1.165, 1.54) is 37.4 Å². The first-order chi connectivity index (χ1) is 13.2. The van der Waals surface area contributed by atoms with E-state index >= 15 is 0 Å². The first-order valence-electron chi connectivity index (χ1n) is 10.3. The SMILES string of the molecule is CN(CCSc1nnc(C(=O)CCC(C)(C)C)o1)C(=O)NC1CCCCCC1. The van der Waals surface area contributed by atoms with Gasteiger partial charge < -0.3 is 14.6 Å². The lowest BCUT2D eigenvalue weighted by atomic mass is 9.89. The van der Waals surface area contributed by atoms with Gasteiger partial charge in [0.25, 0.3) is 11.1 Å². The topological polar surface area (TPSA) is 88.3 Å². The fourth-order valence-electron chi connectivity index (χ4n) is 3.06. The minimum atomic E-state index is -0.117. The molecule has 0 spiro atoms. The lowest BCUT2D eigenvalue weighted by molar-refractivity contribution is 0.0927. The van der Waals surface area contributed by atoms with Crippen LogP contribution < -0.4 is 5.32 Å². The predicted octanol–water partition coefficient (Wildman–Crippen LogP) is 4.53. The Morgan fingerprint density at radius 2 is 1.86 bits per heavy atom. The standard InChI is InChI=1S/C20H34N4O3S/c1-20(2,3)12-11-16(25)17-22-23-19(27-17)28-14-13-24(4)18(26)21-15-9-7-5-6-8-10-15/h15H,5-14H2,1-4H3,(H,21,26). The summed E-state index contributed by atoms with van der Waals surface area (Å²) >= 11 is 1.36. The van der Waals surface area contributed by atoms with Crippen molar-refractivity contribution >= 4 is 23.6 Å². The molecule has 7 nitrogen and oxygen atoms in total. The molecule has 0 bridgehead atoms. The second-order valence-electron chi connectivity index (χ2n) is 8.76. The average molecular weight is 411 g/mol. The first-order valence-corrected chi connectivity index (χ1v) is 11.2. The van der Waals surface area contributed by atoms with E-state index in [-0.39, 0.29) is 23.1 Å². The lowest BCUT2D eigenvalue weighted by Crippen LogP contribution is -2.43. The molecular formula is C20H34N4O3S. The number of ketones is 1. The number of nitrogens with zero attached hydrogens (tertiary/aromatic N) is 3. The summed E-state index contributed by atoms with van der Waals surface area (Å²) in [7, 11) is 1.79. The van der Waals surface area contributed by atoms with Crippen molar-refractivity contribution in [3.05, 3.63) is 5.89 Å². The van der Waals surface area contributed by atoms with Gasteiger partial charge in [-0.1, -0.05) is 58.2 Å². The number of hydrogen-bond acceptors (Lipinski definition) is 6. The molecule has 8 heteroatoms. The molecule has 2 amide bonds. The van der Waals surface area contributed by atoms with Crippen LogP contribution in [0.1, 0.15) is 82.8 Å². The highest BCUT2D eigenvalue weighted by atomic mass is 32.2. The highest BCUT2D eigenvalue weighted by Gasteiger charge is 2.20. The maximum absolute atomic E-state index is 12.3. The van der Waals surface area contributed by atoms with E-state index in [1.807, 2.05) is 0 Å². The molecule has 0 atom stereocenters. The number of urea groups is 1. The Morgan fingerprint density at radius 3 is 2.50 bits per heavy atom. The van der Waals surface area contributed by atoms with E-state index in [4.69, 9.17) is 4.42 Å². The van der Waals surface area contributed by atoms with Crippen LogP contribution in [0.3, 0.4) is 0 Å². The Kier molecular flexibility index (Phi) is 8.79. The van der Waals surface area contributed by atoms with Crippen LogP contribution in [-0.2, 0) is 0 Å². The molecule has 1 N–H and O–H groups in total. The van der Waals surface area contributed by atoms with E-state index in [0.29, 0.717) is 30.0 Å². The van der Waals surface area contributed by atoms with Crippen LogP contribution in [0.5, 0.6) is 0 Å². The van der Waals surface area contributed by atoms with Gasteiger partial charge in [0.05, 0.1) is 0 Å². The minimum absolute atomic E-state index is 0.0314. The van der Waals surface area contributed by atoms with E-state index in [0.717, 1.165) is 19.3 Å². The summed E-state index contributed by atoms with van der Waals surface area (Å²) in [6.07, 6.45) is 8.24. The van der Waals surface area contributed by atoms with Gasteiger partial charge in [-0.05, 0) is 24.7 Å².